The second kappa shape index (κ2) is 9.34. The molecule has 2 N–H and O–H groups in total. The average Bonchev–Trinajstić information content (AvgIpc) is 3.20. The second-order valence-corrected chi connectivity index (χ2v) is 9.23. The van der Waals surface area contributed by atoms with Gasteiger partial charge in [0.2, 0.25) is 10.0 Å². The van der Waals surface area contributed by atoms with Gasteiger partial charge >= 0.3 is 0 Å². The molecule has 1 aromatic heterocycles. The van der Waals surface area contributed by atoms with Crippen molar-refractivity contribution in [3.63, 3.8) is 0 Å². The molecule has 1 unspecified atom stereocenters. The van der Waals surface area contributed by atoms with Crippen LogP contribution in [0.5, 0.6) is 5.75 Å². The molecule has 0 saturated carbocycles. The minimum absolute atomic E-state index is 0.169. The fraction of sp³-hybridized carbons (Fsp3) is 0.238. The van der Waals surface area contributed by atoms with Crippen molar-refractivity contribution in [3.8, 4) is 5.75 Å². The largest absolute Gasteiger partial charge is 0.494 e. The van der Waals surface area contributed by atoms with Crippen LogP contribution >= 0.6 is 11.3 Å². The second-order valence-electron chi connectivity index (χ2n) is 6.26. The van der Waals surface area contributed by atoms with Crippen molar-refractivity contribution < 1.29 is 18.3 Å². The zero-order valence-corrected chi connectivity index (χ0v) is 17.2. The molecule has 148 valence electrons. The first-order valence-electron chi connectivity index (χ1n) is 9.04. The summed E-state index contributed by atoms with van der Waals surface area (Å²) < 4.78 is 33.1. The van der Waals surface area contributed by atoms with Gasteiger partial charge in [0.15, 0.2) is 0 Å². The fourth-order valence-corrected chi connectivity index (χ4v) is 4.69. The van der Waals surface area contributed by atoms with E-state index in [4.69, 9.17) is 4.74 Å². The number of hydrogen-bond donors (Lipinski definition) is 2. The quantitative estimate of drug-likeness (QED) is 0.550. The van der Waals surface area contributed by atoms with Crippen LogP contribution < -0.4 is 9.46 Å². The molecule has 28 heavy (non-hydrogen) atoms. The lowest BCUT2D eigenvalue weighted by Gasteiger charge is -2.09. The molecule has 3 rings (SSSR count). The van der Waals surface area contributed by atoms with E-state index in [0.29, 0.717) is 12.4 Å². The number of benzene rings is 2. The Balaban J connectivity index is 1.63. The van der Waals surface area contributed by atoms with Crippen molar-refractivity contribution in [2.45, 2.75) is 30.9 Å². The minimum Gasteiger partial charge on any atom is -0.494 e. The van der Waals surface area contributed by atoms with Crippen molar-refractivity contribution in [1.29, 1.82) is 0 Å². The molecule has 0 bridgehead atoms. The summed E-state index contributed by atoms with van der Waals surface area (Å²) in [6.07, 6.45) is 0.177. The van der Waals surface area contributed by atoms with E-state index in [1.165, 1.54) is 23.5 Å². The van der Waals surface area contributed by atoms with E-state index >= 15 is 0 Å². The highest BCUT2D eigenvalue weighted by Gasteiger charge is 2.16. The zero-order valence-electron chi connectivity index (χ0n) is 15.5. The van der Waals surface area contributed by atoms with Gasteiger partial charge < -0.3 is 9.84 Å². The third-order valence-corrected chi connectivity index (χ3v) is 6.67. The van der Waals surface area contributed by atoms with Crippen LogP contribution in [0.2, 0.25) is 0 Å². The lowest BCUT2D eigenvalue weighted by atomic mass is 10.1. The standard InChI is InChI=1S/C21H23NO4S2/c1-2-14-26-17-8-11-19(12-9-17)28(24,25)22-15-18-10-13-20(27-18)21(23)16-6-4-3-5-7-16/h3-13,21-23H,2,14-15H2,1H3. The summed E-state index contributed by atoms with van der Waals surface area (Å²) in [5.41, 5.74) is 0.807. The van der Waals surface area contributed by atoms with Gasteiger partial charge in [0, 0.05) is 16.3 Å². The van der Waals surface area contributed by atoms with Gasteiger partial charge in [-0.1, -0.05) is 37.3 Å². The Morgan fingerprint density at radius 2 is 1.75 bits per heavy atom. The van der Waals surface area contributed by atoms with Gasteiger partial charge in [-0.3, -0.25) is 0 Å². The molecule has 0 aliphatic carbocycles. The number of aliphatic hydroxyl groups is 1. The molecule has 0 amide bonds. The summed E-state index contributed by atoms with van der Waals surface area (Å²) in [5, 5.41) is 10.5. The fourth-order valence-electron chi connectivity index (χ4n) is 2.62. The van der Waals surface area contributed by atoms with Gasteiger partial charge in [-0.2, -0.15) is 0 Å². The zero-order chi connectivity index (χ0) is 20.0. The molecule has 0 aliphatic heterocycles. The van der Waals surface area contributed by atoms with Gasteiger partial charge in [0.1, 0.15) is 11.9 Å². The first-order chi connectivity index (χ1) is 13.5. The Labute approximate surface area is 169 Å². The molecule has 0 aliphatic rings. The molecule has 2 aromatic carbocycles. The summed E-state index contributed by atoms with van der Waals surface area (Å²) in [5.74, 6) is 0.651. The van der Waals surface area contributed by atoms with Crippen LogP contribution in [0.4, 0.5) is 0 Å². The van der Waals surface area contributed by atoms with E-state index < -0.39 is 16.1 Å². The first-order valence-corrected chi connectivity index (χ1v) is 11.3. The Kier molecular flexibility index (Phi) is 6.85. The topological polar surface area (TPSA) is 75.6 Å². The van der Waals surface area contributed by atoms with Crippen LogP contribution in [0, 0.1) is 0 Å². The third-order valence-electron chi connectivity index (χ3n) is 4.11. The molecule has 0 fully saturated rings. The van der Waals surface area contributed by atoms with E-state index in [0.717, 1.165) is 21.7 Å². The number of nitrogens with one attached hydrogen (secondary N) is 1. The molecule has 5 nitrogen and oxygen atoms in total. The van der Waals surface area contributed by atoms with Crippen molar-refractivity contribution in [3.05, 3.63) is 82.0 Å². The SMILES string of the molecule is CCCOc1ccc(S(=O)(=O)NCc2ccc(C(O)c3ccccc3)s2)cc1. The average molecular weight is 418 g/mol. The van der Waals surface area contributed by atoms with E-state index in [2.05, 4.69) is 4.72 Å². The van der Waals surface area contributed by atoms with Crippen LogP contribution in [0.15, 0.2) is 71.6 Å². The van der Waals surface area contributed by atoms with Gasteiger partial charge in [-0.05, 0) is 48.4 Å². The maximum atomic E-state index is 12.5. The van der Waals surface area contributed by atoms with E-state index in [9.17, 15) is 13.5 Å². The Morgan fingerprint density at radius 1 is 1.04 bits per heavy atom. The van der Waals surface area contributed by atoms with Crippen molar-refractivity contribution in [2.24, 2.45) is 0 Å². The number of thiophene rings is 1. The van der Waals surface area contributed by atoms with Gasteiger partial charge in [0.05, 0.1) is 11.5 Å². The number of aliphatic hydroxyl groups excluding tert-OH is 1. The maximum Gasteiger partial charge on any atom is 0.240 e. The predicted molar refractivity (Wildman–Crippen MR) is 111 cm³/mol. The van der Waals surface area contributed by atoms with Crippen LogP contribution in [-0.4, -0.2) is 20.1 Å². The molecule has 0 saturated heterocycles. The molecule has 1 atom stereocenters. The predicted octanol–water partition coefficient (Wildman–Crippen LogP) is 4.10. The summed E-state index contributed by atoms with van der Waals surface area (Å²) in [4.78, 5) is 1.80. The highest BCUT2D eigenvalue weighted by Crippen LogP contribution is 2.28. The molecule has 3 aromatic rings. The Hall–Kier alpha value is -2.19. The Bertz CT molecular complexity index is 983. The van der Waals surface area contributed by atoms with Gasteiger partial charge in [0.25, 0.3) is 0 Å². The molecule has 0 radical (unpaired) electrons. The number of rotatable bonds is 9. The molecular weight excluding hydrogens is 394 g/mol. The summed E-state index contributed by atoms with van der Waals surface area (Å²) in [7, 11) is -3.62. The van der Waals surface area contributed by atoms with Gasteiger partial charge in [-0.25, -0.2) is 13.1 Å². The van der Waals surface area contributed by atoms with Crippen LogP contribution in [0.3, 0.4) is 0 Å². The monoisotopic (exact) mass is 417 g/mol. The summed E-state index contributed by atoms with van der Waals surface area (Å²) in [6.45, 7) is 2.78. The molecule has 1 heterocycles. The number of sulfonamides is 1. The Morgan fingerprint density at radius 3 is 2.43 bits per heavy atom. The highest BCUT2D eigenvalue weighted by molar-refractivity contribution is 7.89. The number of hydrogen-bond acceptors (Lipinski definition) is 5. The maximum absolute atomic E-state index is 12.5. The van der Waals surface area contributed by atoms with Crippen LogP contribution in [0.25, 0.3) is 0 Å². The normalized spacial score (nSPS) is 12.6. The van der Waals surface area contributed by atoms with Crippen molar-refractivity contribution in [2.75, 3.05) is 6.61 Å². The first kappa shape index (κ1) is 20.5. The summed E-state index contributed by atoms with van der Waals surface area (Å²) in [6, 6.07) is 19.4. The highest BCUT2D eigenvalue weighted by atomic mass is 32.2. The summed E-state index contributed by atoms with van der Waals surface area (Å²) >= 11 is 1.39. The van der Waals surface area contributed by atoms with Crippen molar-refractivity contribution >= 4 is 21.4 Å². The lowest BCUT2D eigenvalue weighted by molar-refractivity contribution is 0.224. The van der Waals surface area contributed by atoms with Crippen LogP contribution in [0.1, 0.15) is 34.8 Å². The smallest absolute Gasteiger partial charge is 0.240 e. The van der Waals surface area contributed by atoms with Crippen molar-refractivity contribution in [1.82, 2.24) is 4.72 Å². The third kappa shape index (κ3) is 5.20. The number of ether oxygens (including phenoxy) is 1. The molecular formula is C21H23NO4S2. The molecule has 7 heteroatoms. The van der Waals surface area contributed by atoms with E-state index in [-0.39, 0.29) is 11.4 Å². The van der Waals surface area contributed by atoms with Gasteiger partial charge in [-0.15, -0.1) is 11.3 Å². The van der Waals surface area contributed by atoms with E-state index in [1.807, 2.05) is 49.4 Å². The molecule has 0 spiro atoms. The van der Waals surface area contributed by atoms with Crippen LogP contribution in [-0.2, 0) is 16.6 Å². The lowest BCUT2D eigenvalue weighted by Crippen LogP contribution is -2.22. The minimum atomic E-state index is -3.62. The van der Waals surface area contributed by atoms with E-state index in [1.54, 1.807) is 12.1 Å².